The number of halogens is 1. The SMILES string of the molecule is CC(C)n1cc(Nc2cc(F)cc([N+](=O)[O-])c2)cn1. The average Bonchev–Trinajstić information content (AvgIpc) is 2.76. The maximum Gasteiger partial charge on any atom is 0.274 e. The van der Waals surface area contributed by atoms with Crippen LogP contribution in [0.2, 0.25) is 0 Å². The van der Waals surface area contributed by atoms with Crippen molar-refractivity contribution in [1.82, 2.24) is 9.78 Å². The summed E-state index contributed by atoms with van der Waals surface area (Å²) < 4.78 is 15.0. The molecule has 0 unspecified atom stereocenters. The maximum absolute atomic E-state index is 13.3. The fraction of sp³-hybridized carbons (Fsp3) is 0.250. The monoisotopic (exact) mass is 264 g/mol. The number of nitro groups is 1. The van der Waals surface area contributed by atoms with Gasteiger partial charge in [-0.3, -0.25) is 14.8 Å². The van der Waals surface area contributed by atoms with Gasteiger partial charge >= 0.3 is 0 Å². The van der Waals surface area contributed by atoms with Gasteiger partial charge in [0.15, 0.2) is 0 Å². The second kappa shape index (κ2) is 5.05. The first-order chi connectivity index (χ1) is 8.95. The van der Waals surface area contributed by atoms with E-state index >= 15 is 0 Å². The Morgan fingerprint density at radius 1 is 1.37 bits per heavy atom. The third-order valence-electron chi connectivity index (χ3n) is 2.51. The van der Waals surface area contributed by atoms with Gasteiger partial charge < -0.3 is 5.32 Å². The van der Waals surface area contributed by atoms with Gasteiger partial charge in [0.2, 0.25) is 0 Å². The van der Waals surface area contributed by atoms with Gasteiger partial charge in [-0.25, -0.2) is 4.39 Å². The lowest BCUT2D eigenvalue weighted by Gasteiger charge is -2.05. The highest BCUT2D eigenvalue weighted by Crippen LogP contribution is 2.23. The van der Waals surface area contributed by atoms with Crippen LogP contribution in [0.5, 0.6) is 0 Å². The highest BCUT2D eigenvalue weighted by atomic mass is 19.1. The van der Waals surface area contributed by atoms with E-state index in [1.165, 1.54) is 12.1 Å². The molecule has 1 N–H and O–H groups in total. The Labute approximate surface area is 109 Å². The number of non-ortho nitro benzene ring substituents is 1. The zero-order chi connectivity index (χ0) is 14.0. The van der Waals surface area contributed by atoms with Crippen molar-refractivity contribution in [1.29, 1.82) is 0 Å². The van der Waals surface area contributed by atoms with Crippen LogP contribution >= 0.6 is 0 Å². The molecular weight excluding hydrogens is 251 g/mol. The summed E-state index contributed by atoms with van der Waals surface area (Å²) in [7, 11) is 0. The fourth-order valence-electron chi connectivity index (χ4n) is 1.60. The molecule has 0 amide bonds. The summed E-state index contributed by atoms with van der Waals surface area (Å²) in [5.74, 6) is -0.659. The summed E-state index contributed by atoms with van der Waals surface area (Å²) in [4.78, 5) is 10.0. The lowest BCUT2D eigenvalue weighted by molar-refractivity contribution is -0.385. The Morgan fingerprint density at radius 2 is 2.11 bits per heavy atom. The Bertz CT molecular complexity index is 610. The molecule has 0 bridgehead atoms. The van der Waals surface area contributed by atoms with Crippen LogP contribution in [-0.2, 0) is 0 Å². The second-order valence-electron chi connectivity index (χ2n) is 4.38. The minimum absolute atomic E-state index is 0.206. The molecule has 19 heavy (non-hydrogen) atoms. The molecule has 1 heterocycles. The first kappa shape index (κ1) is 13.0. The molecule has 0 radical (unpaired) electrons. The molecule has 7 heteroatoms. The van der Waals surface area contributed by atoms with Gasteiger partial charge in [0.1, 0.15) is 5.82 Å². The number of nitrogens with zero attached hydrogens (tertiary/aromatic N) is 3. The van der Waals surface area contributed by atoms with Crippen LogP contribution in [0.1, 0.15) is 19.9 Å². The van der Waals surface area contributed by atoms with Crippen molar-refractivity contribution in [2.24, 2.45) is 0 Å². The fourth-order valence-corrected chi connectivity index (χ4v) is 1.60. The first-order valence-electron chi connectivity index (χ1n) is 5.72. The minimum atomic E-state index is -0.659. The van der Waals surface area contributed by atoms with Gasteiger partial charge in [-0.1, -0.05) is 0 Å². The van der Waals surface area contributed by atoms with E-state index in [9.17, 15) is 14.5 Å². The average molecular weight is 264 g/mol. The third-order valence-corrected chi connectivity index (χ3v) is 2.51. The van der Waals surface area contributed by atoms with Crippen LogP contribution in [0.4, 0.5) is 21.5 Å². The van der Waals surface area contributed by atoms with E-state index in [2.05, 4.69) is 10.4 Å². The summed E-state index contributed by atoms with van der Waals surface area (Å²) in [5.41, 5.74) is 0.669. The van der Waals surface area contributed by atoms with Crippen LogP contribution < -0.4 is 5.32 Å². The predicted octanol–water partition coefficient (Wildman–Crippen LogP) is 3.25. The molecule has 0 aliphatic heterocycles. The van der Waals surface area contributed by atoms with Crippen LogP contribution in [0.15, 0.2) is 30.6 Å². The molecule has 0 aliphatic carbocycles. The van der Waals surface area contributed by atoms with E-state index in [-0.39, 0.29) is 11.7 Å². The second-order valence-corrected chi connectivity index (χ2v) is 4.38. The van der Waals surface area contributed by atoms with Crippen LogP contribution in [0.25, 0.3) is 0 Å². The summed E-state index contributed by atoms with van der Waals surface area (Å²) in [6.07, 6.45) is 3.33. The van der Waals surface area contributed by atoms with E-state index < -0.39 is 10.7 Å². The number of hydrogen-bond donors (Lipinski definition) is 1. The molecular formula is C12H13FN4O2. The quantitative estimate of drug-likeness (QED) is 0.679. The summed E-state index contributed by atoms with van der Waals surface area (Å²) in [6, 6.07) is 3.55. The highest BCUT2D eigenvalue weighted by molar-refractivity contribution is 5.61. The molecule has 0 fully saturated rings. The molecule has 6 nitrogen and oxygen atoms in total. The van der Waals surface area contributed by atoms with E-state index in [1.54, 1.807) is 17.1 Å². The Morgan fingerprint density at radius 3 is 2.68 bits per heavy atom. The molecule has 2 aromatic rings. The molecule has 100 valence electrons. The van der Waals surface area contributed by atoms with E-state index in [1.807, 2.05) is 13.8 Å². The van der Waals surface area contributed by atoms with Gasteiger partial charge in [-0.05, 0) is 19.9 Å². The number of rotatable bonds is 4. The molecule has 1 aromatic carbocycles. The van der Waals surface area contributed by atoms with E-state index in [0.717, 1.165) is 6.07 Å². The lowest BCUT2D eigenvalue weighted by Crippen LogP contribution is -2.00. The van der Waals surface area contributed by atoms with Crippen molar-refractivity contribution in [3.63, 3.8) is 0 Å². The minimum Gasteiger partial charge on any atom is -0.353 e. The zero-order valence-corrected chi connectivity index (χ0v) is 10.5. The molecule has 0 spiro atoms. The van der Waals surface area contributed by atoms with Crippen molar-refractivity contribution in [3.05, 3.63) is 46.5 Å². The highest BCUT2D eigenvalue weighted by Gasteiger charge is 2.10. The molecule has 0 atom stereocenters. The van der Waals surface area contributed by atoms with Gasteiger partial charge in [0.05, 0.1) is 22.9 Å². The normalized spacial score (nSPS) is 10.7. The number of aromatic nitrogens is 2. The van der Waals surface area contributed by atoms with Crippen molar-refractivity contribution < 1.29 is 9.31 Å². The van der Waals surface area contributed by atoms with E-state index in [0.29, 0.717) is 11.4 Å². The molecule has 0 aliphatic rings. The zero-order valence-electron chi connectivity index (χ0n) is 10.5. The number of nitro benzene ring substituents is 1. The molecule has 1 aromatic heterocycles. The number of nitrogens with one attached hydrogen (secondary N) is 1. The largest absolute Gasteiger partial charge is 0.353 e. The first-order valence-corrected chi connectivity index (χ1v) is 5.72. The lowest BCUT2D eigenvalue weighted by atomic mass is 10.2. The maximum atomic E-state index is 13.3. The summed E-state index contributed by atoms with van der Waals surface area (Å²) in [5, 5.41) is 17.7. The number of hydrogen-bond acceptors (Lipinski definition) is 4. The Kier molecular flexibility index (Phi) is 3.46. The predicted molar refractivity (Wildman–Crippen MR) is 68.9 cm³/mol. The van der Waals surface area contributed by atoms with Gasteiger partial charge in [-0.2, -0.15) is 5.10 Å². The Hall–Kier alpha value is -2.44. The molecule has 0 saturated heterocycles. The van der Waals surface area contributed by atoms with Crippen LogP contribution in [-0.4, -0.2) is 14.7 Å². The summed E-state index contributed by atoms with van der Waals surface area (Å²) >= 11 is 0. The van der Waals surface area contributed by atoms with Crippen molar-refractivity contribution >= 4 is 17.1 Å². The third kappa shape index (κ3) is 3.06. The van der Waals surface area contributed by atoms with Crippen LogP contribution in [0.3, 0.4) is 0 Å². The smallest absolute Gasteiger partial charge is 0.274 e. The van der Waals surface area contributed by atoms with E-state index in [4.69, 9.17) is 0 Å². The number of benzene rings is 1. The van der Waals surface area contributed by atoms with Crippen molar-refractivity contribution in [3.8, 4) is 0 Å². The van der Waals surface area contributed by atoms with Crippen LogP contribution in [0, 0.1) is 15.9 Å². The van der Waals surface area contributed by atoms with Crippen molar-refractivity contribution in [2.75, 3.05) is 5.32 Å². The number of anilines is 2. The summed E-state index contributed by atoms with van der Waals surface area (Å²) in [6.45, 7) is 3.95. The molecule has 2 rings (SSSR count). The Balaban J connectivity index is 2.24. The topological polar surface area (TPSA) is 73.0 Å². The standard InChI is InChI=1S/C12H13FN4O2/c1-8(2)16-7-11(6-14-16)15-10-3-9(13)4-12(5-10)17(18)19/h3-8,15H,1-2H3. The van der Waals surface area contributed by atoms with Gasteiger partial charge in [0.25, 0.3) is 5.69 Å². The molecule has 0 saturated carbocycles. The van der Waals surface area contributed by atoms with Gasteiger partial charge in [-0.15, -0.1) is 0 Å². The van der Waals surface area contributed by atoms with Gasteiger partial charge in [0, 0.05) is 24.0 Å². The van der Waals surface area contributed by atoms with Crippen molar-refractivity contribution in [2.45, 2.75) is 19.9 Å².